The topological polar surface area (TPSA) is 47.0 Å². The summed E-state index contributed by atoms with van der Waals surface area (Å²) in [7, 11) is -2.81. The molecule has 0 aliphatic carbocycles. The molecule has 30 heavy (non-hydrogen) atoms. The second-order valence-electron chi connectivity index (χ2n) is 6.84. The van der Waals surface area contributed by atoms with Gasteiger partial charge in [0.1, 0.15) is 5.82 Å². The Morgan fingerprint density at radius 3 is 2.27 bits per heavy atom. The molecule has 2 aromatic carbocycles. The lowest BCUT2D eigenvalue weighted by Gasteiger charge is -2.05. The summed E-state index contributed by atoms with van der Waals surface area (Å²) in [6.07, 6.45) is 3.65. The van der Waals surface area contributed by atoms with Crippen molar-refractivity contribution < 1.29 is 12.8 Å². The smallest absolute Gasteiger partial charge is 0.158 e. The number of benzene rings is 2. The fourth-order valence-electron chi connectivity index (χ4n) is 3.15. The Morgan fingerprint density at radius 1 is 1.03 bits per heavy atom. The van der Waals surface area contributed by atoms with E-state index in [1.54, 1.807) is 12.1 Å². The molecule has 0 amide bonds. The molecule has 1 aliphatic rings. The van der Waals surface area contributed by atoms with E-state index in [4.69, 9.17) is 0 Å². The molecular weight excluding hydrogens is 397 g/mol. The van der Waals surface area contributed by atoms with E-state index in [-0.39, 0.29) is 17.3 Å². The molecule has 158 valence electrons. The molecule has 0 saturated carbocycles. The highest BCUT2D eigenvalue weighted by Crippen LogP contribution is 2.23. The maximum Gasteiger partial charge on any atom is 0.158 e. The molecule has 0 saturated heterocycles. The lowest BCUT2D eigenvalue weighted by Crippen LogP contribution is -1.95. The number of sulfone groups is 1. The molecular formula is C25H28FNO2S. The third kappa shape index (κ3) is 6.63. The summed E-state index contributed by atoms with van der Waals surface area (Å²) >= 11 is 0. The number of aromatic nitrogens is 1. The third-order valence-corrected chi connectivity index (χ3v) is 6.02. The molecule has 3 aromatic rings. The summed E-state index contributed by atoms with van der Waals surface area (Å²) in [5, 5.41) is 0. The van der Waals surface area contributed by atoms with Crippen LogP contribution in [-0.4, -0.2) is 13.4 Å². The fourth-order valence-corrected chi connectivity index (χ4v) is 4.76. The number of pyridine rings is 1. The highest BCUT2D eigenvalue weighted by molar-refractivity contribution is 7.90. The first-order valence-corrected chi connectivity index (χ1v) is 11.8. The minimum Gasteiger partial charge on any atom is -0.259 e. The zero-order valence-electron chi connectivity index (χ0n) is 17.7. The molecule has 0 fully saturated rings. The lowest BCUT2D eigenvalue weighted by molar-refractivity contribution is 0.598. The first-order valence-electron chi connectivity index (χ1n) is 9.96. The average molecular weight is 426 g/mol. The van der Waals surface area contributed by atoms with E-state index >= 15 is 0 Å². The van der Waals surface area contributed by atoms with E-state index in [0.717, 1.165) is 27.9 Å². The van der Waals surface area contributed by atoms with Crippen molar-refractivity contribution >= 4 is 15.9 Å². The minimum atomic E-state index is -2.81. The van der Waals surface area contributed by atoms with Crippen LogP contribution in [0.1, 0.15) is 47.4 Å². The van der Waals surface area contributed by atoms with Crippen molar-refractivity contribution in [1.82, 2.24) is 4.98 Å². The molecule has 1 aromatic heterocycles. The van der Waals surface area contributed by atoms with Crippen molar-refractivity contribution in [2.24, 2.45) is 0 Å². The molecule has 0 atom stereocenters. The number of hydrogen-bond acceptors (Lipinski definition) is 3. The average Bonchev–Trinajstić information content (AvgIpc) is 3.06. The van der Waals surface area contributed by atoms with Crippen LogP contribution in [0, 0.1) is 12.7 Å². The Labute approximate surface area is 179 Å². The third-order valence-electron chi connectivity index (χ3n) is 4.52. The van der Waals surface area contributed by atoms with E-state index in [9.17, 15) is 12.8 Å². The minimum absolute atomic E-state index is 0.225. The highest BCUT2D eigenvalue weighted by Gasteiger charge is 2.23. The largest absolute Gasteiger partial charge is 0.259 e. The van der Waals surface area contributed by atoms with E-state index in [1.807, 2.05) is 69.3 Å². The van der Waals surface area contributed by atoms with E-state index < -0.39 is 9.84 Å². The zero-order chi connectivity index (χ0) is 22.1. The number of nitrogens with zero attached hydrogens (tertiary/aromatic N) is 1. The van der Waals surface area contributed by atoms with Gasteiger partial charge in [0.05, 0.1) is 17.7 Å². The molecule has 5 heteroatoms. The summed E-state index contributed by atoms with van der Waals surface area (Å²) in [5.74, 6) is 0.200. The van der Waals surface area contributed by atoms with Gasteiger partial charge in [-0.3, -0.25) is 4.98 Å². The van der Waals surface area contributed by atoms with Crippen LogP contribution in [0.3, 0.4) is 0 Å². The van der Waals surface area contributed by atoms with Crippen molar-refractivity contribution in [3.63, 3.8) is 0 Å². The van der Waals surface area contributed by atoms with Gasteiger partial charge in [-0.25, -0.2) is 12.8 Å². The second-order valence-corrected chi connectivity index (χ2v) is 8.91. The maximum absolute atomic E-state index is 13.6. The Morgan fingerprint density at radius 2 is 1.67 bits per heavy atom. The van der Waals surface area contributed by atoms with Gasteiger partial charge in [-0.15, -0.1) is 0 Å². The summed E-state index contributed by atoms with van der Waals surface area (Å²) in [4.78, 5) is 3.92. The van der Waals surface area contributed by atoms with Crippen molar-refractivity contribution in [1.29, 1.82) is 0 Å². The highest BCUT2D eigenvalue weighted by atomic mass is 32.2. The summed E-state index contributed by atoms with van der Waals surface area (Å²) in [6, 6.07) is 17.2. The summed E-state index contributed by atoms with van der Waals surface area (Å²) in [6.45, 7) is 9.59. The standard InChI is InChI=1S/C15H14FN.C8H8O2S.C2H6/c1-3-12-5-4-6-13(8-12)9-14-7-11(2)17-10-15(14)16;9-11(10)5-7-3-1-2-4-8(7)6-11;1-2/h3-8,10H,1,9H2,2H3;1-4H,5-6H2;1-2H3. The second kappa shape index (κ2) is 10.8. The Bertz CT molecular complexity index is 1080. The maximum atomic E-state index is 13.6. The number of fused-ring (bicyclic) bond motifs is 1. The van der Waals surface area contributed by atoms with Crippen LogP contribution >= 0.6 is 0 Å². The van der Waals surface area contributed by atoms with Gasteiger partial charge in [0.15, 0.2) is 9.84 Å². The first kappa shape index (κ1) is 23.5. The number of halogens is 1. The van der Waals surface area contributed by atoms with Crippen LogP contribution in [0.5, 0.6) is 0 Å². The quantitative estimate of drug-likeness (QED) is 0.524. The molecule has 0 unspecified atom stereocenters. The van der Waals surface area contributed by atoms with Gasteiger partial charge in [-0.1, -0.05) is 75.0 Å². The van der Waals surface area contributed by atoms with Crippen molar-refractivity contribution in [3.8, 4) is 0 Å². The van der Waals surface area contributed by atoms with Gasteiger partial charge in [-0.2, -0.15) is 0 Å². The van der Waals surface area contributed by atoms with Gasteiger partial charge < -0.3 is 0 Å². The monoisotopic (exact) mass is 425 g/mol. The Balaban J connectivity index is 0.000000212. The van der Waals surface area contributed by atoms with Crippen LogP contribution in [0.2, 0.25) is 0 Å². The SMILES string of the molecule is C=Cc1cccc(Cc2cc(C)ncc2F)c1.CC.O=S1(=O)Cc2ccccc2C1. The van der Waals surface area contributed by atoms with Gasteiger partial charge in [0.25, 0.3) is 0 Å². The van der Waals surface area contributed by atoms with E-state index in [1.165, 1.54) is 6.20 Å². The summed E-state index contributed by atoms with van der Waals surface area (Å²) in [5.41, 5.74) is 5.57. The molecule has 0 spiro atoms. The first-order chi connectivity index (χ1) is 14.4. The molecule has 4 rings (SSSR count). The van der Waals surface area contributed by atoms with Crippen LogP contribution in [0.15, 0.2) is 67.4 Å². The zero-order valence-corrected chi connectivity index (χ0v) is 18.5. The number of rotatable bonds is 3. The fraction of sp³-hybridized carbons (Fsp3) is 0.240. The van der Waals surface area contributed by atoms with Crippen LogP contribution in [-0.2, 0) is 27.8 Å². The number of hydrogen-bond donors (Lipinski definition) is 0. The molecule has 2 heterocycles. The lowest BCUT2D eigenvalue weighted by atomic mass is 10.0. The van der Waals surface area contributed by atoms with Crippen LogP contribution < -0.4 is 0 Å². The van der Waals surface area contributed by atoms with Crippen LogP contribution in [0.4, 0.5) is 4.39 Å². The predicted octanol–water partition coefficient (Wildman–Crippen LogP) is 5.90. The van der Waals surface area contributed by atoms with E-state index in [2.05, 4.69) is 11.6 Å². The normalized spacial score (nSPS) is 13.2. The Kier molecular flexibility index (Phi) is 8.48. The molecule has 0 bridgehead atoms. The molecule has 1 aliphatic heterocycles. The van der Waals surface area contributed by atoms with Crippen molar-refractivity contribution in [3.05, 3.63) is 107 Å². The van der Waals surface area contributed by atoms with Crippen molar-refractivity contribution in [2.75, 3.05) is 0 Å². The number of aryl methyl sites for hydroxylation is 1. The van der Waals surface area contributed by atoms with E-state index in [0.29, 0.717) is 12.0 Å². The van der Waals surface area contributed by atoms with Crippen LogP contribution in [0.25, 0.3) is 6.08 Å². The molecule has 3 nitrogen and oxygen atoms in total. The summed E-state index contributed by atoms with van der Waals surface area (Å²) < 4.78 is 35.7. The van der Waals surface area contributed by atoms with Gasteiger partial charge in [-0.05, 0) is 40.8 Å². The van der Waals surface area contributed by atoms with Crippen molar-refractivity contribution in [2.45, 2.75) is 38.7 Å². The van der Waals surface area contributed by atoms with Gasteiger partial charge in [0, 0.05) is 12.1 Å². The Hall–Kier alpha value is -2.79. The molecule has 0 radical (unpaired) electrons. The molecule has 0 N–H and O–H groups in total. The van der Waals surface area contributed by atoms with Gasteiger partial charge in [0.2, 0.25) is 0 Å². The predicted molar refractivity (Wildman–Crippen MR) is 122 cm³/mol. The van der Waals surface area contributed by atoms with Gasteiger partial charge >= 0.3 is 0 Å².